The first-order valence-electron chi connectivity index (χ1n) is 7.77. The molecule has 0 radical (unpaired) electrons. The van der Waals surface area contributed by atoms with Crippen LogP contribution >= 0.6 is 0 Å². The maximum absolute atomic E-state index is 12.6. The van der Waals surface area contributed by atoms with Gasteiger partial charge in [-0.05, 0) is 23.8 Å². The Morgan fingerprint density at radius 1 is 1.27 bits per heavy atom. The number of ether oxygens (including phenoxy) is 1. The van der Waals surface area contributed by atoms with Crippen molar-refractivity contribution < 1.29 is 14.5 Å². The third kappa shape index (κ3) is 3.86. The van der Waals surface area contributed by atoms with Gasteiger partial charge in [0.1, 0.15) is 18.1 Å². The first kappa shape index (κ1) is 17.2. The molecule has 0 saturated carbocycles. The molecule has 26 heavy (non-hydrogen) atoms. The van der Waals surface area contributed by atoms with E-state index in [1.54, 1.807) is 55.6 Å². The van der Waals surface area contributed by atoms with Crippen LogP contribution in [0.15, 0.2) is 60.9 Å². The minimum Gasteiger partial charge on any atom is -0.497 e. The number of amides is 1. The molecule has 0 aliphatic carbocycles. The molecule has 132 valence electrons. The number of methoxy groups -OCH3 is 1. The lowest BCUT2D eigenvalue weighted by Crippen LogP contribution is -2.15. The molecule has 0 aliphatic heterocycles. The van der Waals surface area contributed by atoms with Gasteiger partial charge in [-0.1, -0.05) is 24.3 Å². The summed E-state index contributed by atoms with van der Waals surface area (Å²) in [6.45, 7) is 0.246. The van der Waals surface area contributed by atoms with Crippen molar-refractivity contribution >= 4 is 17.3 Å². The lowest BCUT2D eigenvalue weighted by molar-refractivity contribution is -0.385. The average molecular weight is 352 g/mol. The van der Waals surface area contributed by atoms with E-state index in [1.165, 1.54) is 17.1 Å². The molecule has 1 N–H and O–H groups in total. The molecule has 8 nitrogen and oxygen atoms in total. The molecule has 2 aromatic carbocycles. The molecule has 3 aromatic rings. The van der Waals surface area contributed by atoms with Crippen molar-refractivity contribution in [3.05, 3.63) is 82.2 Å². The molecule has 0 bridgehead atoms. The molecule has 0 aliphatic rings. The monoisotopic (exact) mass is 352 g/mol. The lowest BCUT2D eigenvalue weighted by atomic mass is 10.1. The predicted octanol–water partition coefficient (Wildman–Crippen LogP) is 3.10. The number of nitrogens with one attached hydrogen (secondary N) is 1. The molecule has 3 rings (SSSR count). The molecule has 0 spiro atoms. The topological polar surface area (TPSA) is 99.3 Å². The smallest absolute Gasteiger partial charge is 0.307 e. The molecule has 8 heteroatoms. The summed E-state index contributed by atoms with van der Waals surface area (Å²) in [6, 6.07) is 14.1. The molecule has 1 heterocycles. The Kier molecular flexibility index (Phi) is 4.93. The lowest BCUT2D eigenvalue weighted by Gasteiger charge is -2.11. The van der Waals surface area contributed by atoms with Gasteiger partial charge in [-0.2, -0.15) is 5.10 Å². The van der Waals surface area contributed by atoms with Gasteiger partial charge in [-0.15, -0.1) is 0 Å². The normalized spacial score (nSPS) is 10.3. The Balaban J connectivity index is 1.81. The number of benzene rings is 2. The summed E-state index contributed by atoms with van der Waals surface area (Å²) in [4.78, 5) is 22.9. The average Bonchev–Trinajstić information content (AvgIpc) is 3.11. The molecule has 0 unspecified atom stereocenters. The summed E-state index contributed by atoms with van der Waals surface area (Å²) in [5.74, 6) is 0.357. The first-order chi connectivity index (χ1) is 12.6. The Labute approximate surface area is 149 Å². The molecule has 1 amide bonds. The highest BCUT2D eigenvalue weighted by atomic mass is 16.6. The minimum absolute atomic E-state index is 0.0942. The zero-order chi connectivity index (χ0) is 18.5. The number of hydrogen-bond donors (Lipinski definition) is 1. The molecular weight excluding hydrogens is 336 g/mol. The summed E-state index contributed by atoms with van der Waals surface area (Å²) in [7, 11) is 1.56. The van der Waals surface area contributed by atoms with E-state index in [9.17, 15) is 14.9 Å². The van der Waals surface area contributed by atoms with Crippen LogP contribution in [0.1, 0.15) is 15.9 Å². The summed E-state index contributed by atoms with van der Waals surface area (Å²) in [6.07, 6.45) is 2.51. The first-order valence-corrected chi connectivity index (χ1v) is 7.77. The molecular formula is C18H16N4O4. The van der Waals surface area contributed by atoms with Gasteiger partial charge < -0.3 is 10.1 Å². The second-order valence-corrected chi connectivity index (χ2v) is 5.50. The highest BCUT2D eigenvalue weighted by molar-refractivity contribution is 6.05. The second kappa shape index (κ2) is 7.47. The van der Waals surface area contributed by atoms with E-state index in [0.29, 0.717) is 22.6 Å². The van der Waals surface area contributed by atoms with Crippen LogP contribution in [0.3, 0.4) is 0 Å². The molecule has 0 atom stereocenters. The fourth-order valence-corrected chi connectivity index (χ4v) is 2.49. The molecule has 0 saturated heterocycles. The van der Waals surface area contributed by atoms with Crippen LogP contribution in [0.2, 0.25) is 0 Å². The highest BCUT2D eigenvalue weighted by Crippen LogP contribution is 2.19. The Bertz CT molecular complexity index is 952. The molecule has 0 fully saturated rings. The predicted molar refractivity (Wildman–Crippen MR) is 95.4 cm³/mol. The van der Waals surface area contributed by atoms with Gasteiger partial charge in [0.05, 0.1) is 18.6 Å². The van der Waals surface area contributed by atoms with Crippen molar-refractivity contribution in [2.75, 3.05) is 12.4 Å². The van der Waals surface area contributed by atoms with E-state index in [4.69, 9.17) is 4.74 Å². The SMILES string of the molecule is COc1cccc(NC(=O)c2ccccc2Cn2cc([N+](=O)[O-])cn2)c1. The Morgan fingerprint density at radius 3 is 2.81 bits per heavy atom. The van der Waals surface area contributed by atoms with Crippen molar-refractivity contribution in [2.45, 2.75) is 6.54 Å². The summed E-state index contributed by atoms with van der Waals surface area (Å²) < 4.78 is 6.57. The standard InChI is InChI=1S/C18H16N4O4/c1-26-16-7-4-6-14(9-16)20-18(23)17-8-3-2-5-13(17)11-21-12-15(10-19-21)22(24)25/h2-10,12H,11H2,1H3,(H,20,23). The largest absolute Gasteiger partial charge is 0.497 e. The highest BCUT2D eigenvalue weighted by Gasteiger charge is 2.14. The van der Waals surface area contributed by atoms with Crippen LogP contribution < -0.4 is 10.1 Å². The van der Waals surface area contributed by atoms with E-state index in [-0.39, 0.29) is 18.1 Å². The van der Waals surface area contributed by atoms with E-state index in [0.717, 1.165) is 0 Å². The van der Waals surface area contributed by atoms with Crippen LogP contribution in [0.5, 0.6) is 5.75 Å². The third-order valence-electron chi connectivity index (χ3n) is 3.75. The van der Waals surface area contributed by atoms with E-state index in [2.05, 4.69) is 10.4 Å². The van der Waals surface area contributed by atoms with Gasteiger partial charge >= 0.3 is 5.69 Å². The van der Waals surface area contributed by atoms with E-state index < -0.39 is 4.92 Å². The zero-order valence-electron chi connectivity index (χ0n) is 14.0. The van der Waals surface area contributed by atoms with Crippen molar-refractivity contribution in [2.24, 2.45) is 0 Å². The van der Waals surface area contributed by atoms with Crippen LogP contribution in [-0.4, -0.2) is 27.7 Å². The number of anilines is 1. The van der Waals surface area contributed by atoms with Crippen LogP contribution in [0.25, 0.3) is 0 Å². The quantitative estimate of drug-likeness (QED) is 0.543. The summed E-state index contributed by atoms with van der Waals surface area (Å²) in [5.41, 5.74) is 1.68. The summed E-state index contributed by atoms with van der Waals surface area (Å²) in [5, 5.41) is 17.6. The fraction of sp³-hybridized carbons (Fsp3) is 0.111. The maximum atomic E-state index is 12.6. The number of carbonyl (C=O) groups is 1. The van der Waals surface area contributed by atoms with Crippen molar-refractivity contribution in [1.82, 2.24) is 9.78 Å². The van der Waals surface area contributed by atoms with Crippen LogP contribution in [0.4, 0.5) is 11.4 Å². The number of aromatic nitrogens is 2. The maximum Gasteiger partial charge on any atom is 0.307 e. The Hall–Kier alpha value is -3.68. The van der Waals surface area contributed by atoms with Crippen molar-refractivity contribution in [1.29, 1.82) is 0 Å². The van der Waals surface area contributed by atoms with Gasteiger partial charge in [0, 0.05) is 17.3 Å². The van der Waals surface area contributed by atoms with Crippen molar-refractivity contribution in [3.8, 4) is 5.75 Å². The number of rotatable bonds is 6. The van der Waals surface area contributed by atoms with Gasteiger partial charge in [-0.3, -0.25) is 19.6 Å². The van der Waals surface area contributed by atoms with E-state index in [1.807, 2.05) is 0 Å². The van der Waals surface area contributed by atoms with Gasteiger partial charge in [-0.25, -0.2) is 0 Å². The second-order valence-electron chi connectivity index (χ2n) is 5.50. The Morgan fingerprint density at radius 2 is 2.08 bits per heavy atom. The van der Waals surface area contributed by atoms with Gasteiger partial charge in [0.2, 0.25) is 0 Å². The number of carbonyl (C=O) groups excluding carboxylic acids is 1. The van der Waals surface area contributed by atoms with E-state index >= 15 is 0 Å². The fourth-order valence-electron chi connectivity index (χ4n) is 2.49. The number of nitrogens with zero attached hydrogens (tertiary/aromatic N) is 3. The van der Waals surface area contributed by atoms with Crippen LogP contribution in [-0.2, 0) is 6.54 Å². The summed E-state index contributed by atoms with van der Waals surface area (Å²) >= 11 is 0. The number of hydrogen-bond acceptors (Lipinski definition) is 5. The number of nitro groups is 1. The third-order valence-corrected chi connectivity index (χ3v) is 3.75. The minimum atomic E-state index is -0.509. The van der Waals surface area contributed by atoms with Gasteiger partial charge in [0.15, 0.2) is 0 Å². The zero-order valence-corrected chi connectivity index (χ0v) is 14.0. The van der Waals surface area contributed by atoms with Gasteiger partial charge in [0.25, 0.3) is 5.91 Å². The molecule has 1 aromatic heterocycles. The van der Waals surface area contributed by atoms with Crippen LogP contribution in [0, 0.1) is 10.1 Å². The van der Waals surface area contributed by atoms with Crippen molar-refractivity contribution in [3.63, 3.8) is 0 Å².